The highest BCUT2D eigenvalue weighted by molar-refractivity contribution is 5.77. The number of hydrogen-bond donors (Lipinski definition) is 0. The van der Waals surface area contributed by atoms with Crippen molar-refractivity contribution in [2.45, 2.75) is 20.0 Å². The lowest BCUT2D eigenvalue weighted by Gasteiger charge is -2.13. The zero-order chi connectivity index (χ0) is 22.1. The molecule has 158 valence electrons. The monoisotopic (exact) mass is 424 g/mol. The first-order valence-electron chi connectivity index (χ1n) is 10.3. The minimum Gasteiger partial charge on any atom is -0.337 e. The van der Waals surface area contributed by atoms with E-state index in [2.05, 4.69) is 10.1 Å². The predicted octanol–water partition coefficient (Wildman–Crippen LogP) is 3.62. The third kappa shape index (κ3) is 3.65. The van der Waals surface area contributed by atoms with Gasteiger partial charge in [0.15, 0.2) is 0 Å². The van der Waals surface area contributed by atoms with E-state index in [1.54, 1.807) is 24.3 Å². The van der Waals surface area contributed by atoms with E-state index in [1.165, 1.54) is 9.13 Å². The van der Waals surface area contributed by atoms with Crippen molar-refractivity contribution < 1.29 is 4.52 Å². The van der Waals surface area contributed by atoms with Gasteiger partial charge in [-0.2, -0.15) is 4.98 Å². The summed E-state index contributed by atoms with van der Waals surface area (Å²) in [6.07, 6.45) is 0. The zero-order valence-corrected chi connectivity index (χ0v) is 17.4. The molecule has 7 heteroatoms. The van der Waals surface area contributed by atoms with E-state index >= 15 is 0 Å². The SMILES string of the molecule is Cc1ccc(Cn2c(=O)c3ccccc3n(Cc3nc(-c4ccccc4)no3)c2=O)cc1. The molecule has 0 radical (unpaired) electrons. The normalized spacial score (nSPS) is 11.2. The fourth-order valence-corrected chi connectivity index (χ4v) is 3.70. The van der Waals surface area contributed by atoms with Gasteiger partial charge in [0.1, 0.15) is 6.54 Å². The topological polar surface area (TPSA) is 82.9 Å². The molecule has 0 atom stereocenters. The Morgan fingerprint density at radius 2 is 1.53 bits per heavy atom. The van der Waals surface area contributed by atoms with Gasteiger partial charge in [0, 0.05) is 5.56 Å². The molecular formula is C25H20N4O3. The number of fused-ring (bicyclic) bond motifs is 1. The van der Waals surface area contributed by atoms with Gasteiger partial charge in [0.25, 0.3) is 5.56 Å². The van der Waals surface area contributed by atoms with E-state index in [0.29, 0.717) is 16.7 Å². The van der Waals surface area contributed by atoms with Crippen LogP contribution in [0.3, 0.4) is 0 Å². The molecule has 0 amide bonds. The molecule has 5 aromatic rings. The Kier molecular flexibility index (Phi) is 4.99. The first kappa shape index (κ1) is 19.7. The molecule has 0 aliphatic rings. The Balaban J connectivity index is 1.60. The van der Waals surface area contributed by atoms with Gasteiger partial charge in [-0.3, -0.25) is 13.9 Å². The van der Waals surface area contributed by atoms with Crippen LogP contribution < -0.4 is 11.2 Å². The molecule has 0 saturated heterocycles. The summed E-state index contributed by atoms with van der Waals surface area (Å²) in [5.74, 6) is 0.738. The lowest BCUT2D eigenvalue weighted by Crippen LogP contribution is -2.40. The fraction of sp³-hybridized carbons (Fsp3) is 0.120. The van der Waals surface area contributed by atoms with Crippen LogP contribution in [-0.2, 0) is 13.1 Å². The maximum absolute atomic E-state index is 13.4. The van der Waals surface area contributed by atoms with Gasteiger partial charge in [-0.25, -0.2) is 4.79 Å². The third-order valence-corrected chi connectivity index (χ3v) is 5.39. The number of hydrogen-bond acceptors (Lipinski definition) is 5. The molecule has 0 fully saturated rings. The molecule has 5 rings (SSSR count). The highest BCUT2D eigenvalue weighted by Crippen LogP contribution is 2.16. The number of nitrogens with zero attached hydrogens (tertiary/aromatic N) is 4. The molecule has 3 aromatic carbocycles. The predicted molar refractivity (Wildman–Crippen MR) is 122 cm³/mol. The van der Waals surface area contributed by atoms with E-state index < -0.39 is 5.69 Å². The Morgan fingerprint density at radius 1 is 0.812 bits per heavy atom. The third-order valence-electron chi connectivity index (χ3n) is 5.39. The number of benzene rings is 3. The van der Waals surface area contributed by atoms with Gasteiger partial charge in [0.2, 0.25) is 11.7 Å². The second-order valence-electron chi connectivity index (χ2n) is 7.64. The van der Waals surface area contributed by atoms with Crippen molar-refractivity contribution >= 4 is 10.9 Å². The van der Waals surface area contributed by atoms with Crippen molar-refractivity contribution in [1.82, 2.24) is 19.3 Å². The van der Waals surface area contributed by atoms with E-state index in [4.69, 9.17) is 4.52 Å². The van der Waals surface area contributed by atoms with Crippen molar-refractivity contribution in [1.29, 1.82) is 0 Å². The van der Waals surface area contributed by atoms with Crippen molar-refractivity contribution in [2.24, 2.45) is 0 Å². The summed E-state index contributed by atoms with van der Waals surface area (Å²) in [7, 11) is 0. The van der Waals surface area contributed by atoms with Crippen LogP contribution in [0.25, 0.3) is 22.3 Å². The van der Waals surface area contributed by atoms with Gasteiger partial charge in [-0.05, 0) is 24.6 Å². The van der Waals surface area contributed by atoms with Crippen LogP contribution in [0, 0.1) is 6.92 Å². The van der Waals surface area contributed by atoms with Crippen molar-refractivity contribution in [2.75, 3.05) is 0 Å². The summed E-state index contributed by atoms with van der Waals surface area (Å²) >= 11 is 0. The van der Waals surface area contributed by atoms with E-state index in [9.17, 15) is 9.59 Å². The van der Waals surface area contributed by atoms with Crippen LogP contribution in [0.2, 0.25) is 0 Å². The smallest absolute Gasteiger partial charge is 0.332 e. The van der Waals surface area contributed by atoms with Crippen LogP contribution in [0.4, 0.5) is 0 Å². The molecule has 32 heavy (non-hydrogen) atoms. The van der Waals surface area contributed by atoms with Crippen molar-refractivity contribution in [3.63, 3.8) is 0 Å². The van der Waals surface area contributed by atoms with E-state index in [0.717, 1.165) is 16.7 Å². The molecule has 0 aliphatic carbocycles. The molecular weight excluding hydrogens is 404 g/mol. The van der Waals surface area contributed by atoms with Crippen LogP contribution >= 0.6 is 0 Å². The van der Waals surface area contributed by atoms with Gasteiger partial charge in [-0.15, -0.1) is 0 Å². The van der Waals surface area contributed by atoms with Gasteiger partial charge < -0.3 is 4.52 Å². The first-order chi connectivity index (χ1) is 15.6. The second-order valence-corrected chi connectivity index (χ2v) is 7.64. The van der Waals surface area contributed by atoms with Crippen LogP contribution in [-0.4, -0.2) is 19.3 Å². The van der Waals surface area contributed by atoms with Gasteiger partial charge in [-0.1, -0.05) is 77.5 Å². The second kappa shape index (κ2) is 8.11. The van der Waals surface area contributed by atoms with Gasteiger partial charge >= 0.3 is 5.69 Å². The molecule has 2 heterocycles. The number of rotatable bonds is 5. The summed E-state index contributed by atoms with van der Waals surface area (Å²) in [5.41, 5.74) is 2.60. The molecule has 0 bridgehead atoms. The molecule has 0 spiro atoms. The summed E-state index contributed by atoms with van der Waals surface area (Å²) < 4.78 is 8.18. The summed E-state index contributed by atoms with van der Waals surface area (Å²) in [4.78, 5) is 30.9. The zero-order valence-electron chi connectivity index (χ0n) is 17.4. The van der Waals surface area contributed by atoms with Crippen LogP contribution in [0.1, 0.15) is 17.0 Å². The fourth-order valence-electron chi connectivity index (χ4n) is 3.70. The molecule has 0 aliphatic heterocycles. The Morgan fingerprint density at radius 3 is 2.31 bits per heavy atom. The van der Waals surface area contributed by atoms with Crippen molar-refractivity contribution in [3.05, 3.63) is 117 Å². The Bertz CT molecular complexity index is 1510. The first-order valence-corrected chi connectivity index (χ1v) is 10.3. The van der Waals surface area contributed by atoms with E-state index in [1.807, 2.05) is 61.5 Å². The highest BCUT2D eigenvalue weighted by Gasteiger charge is 2.16. The number of aromatic nitrogens is 4. The molecule has 0 saturated carbocycles. The van der Waals surface area contributed by atoms with Crippen LogP contribution in [0.15, 0.2) is 93.0 Å². The Labute approximate surface area is 183 Å². The minimum atomic E-state index is -0.422. The van der Waals surface area contributed by atoms with Crippen molar-refractivity contribution in [3.8, 4) is 11.4 Å². The molecule has 0 N–H and O–H groups in total. The molecule has 0 unspecified atom stereocenters. The number of aryl methyl sites for hydroxylation is 1. The average Bonchev–Trinajstić information content (AvgIpc) is 3.30. The maximum Gasteiger partial charge on any atom is 0.332 e. The average molecular weight is 424 g/mol. The van der Waals surface area contributed by atoms with Gasteiger partial charge in [0.05, 0.1) is 17.4 Å². The summed E-state index contributed by atoms with van der Waals surface area (Å²) in [6.45, 7) is 2.24. The van der Waals surface area contributed by atoms with E-state index in [-0.39, 0.29) is 24.5 Å². The molecule has 7 nitrogen and oxygen atoms in total. The lowest BCUT2D eigenvalue weighted by atomic mass is 10.1. The Hall–Kier alpha value is -4.26. The quantitative estimate of drug-likeness (QED) is 0.430. The number of para-hydroxylation sites is 1. The largest absolute Gasteiger partial charge is 0.337 e. The lowest BCUT2D eigenvalue weighted by molar-refractivity contribution is 0.369. The molecule has 2 aromatic heterocycles. The standard InChI is InChI=1S/C25H20N4O3/c1-17-11-13-18(14-12-17)15-29-24(30)20-9-5-6-10-21(20)28(25(29)31)16-22-26-23(27-32-22)19-7-3-2-4-8-19/h2-14H,15-16H2,1H3. The minimum absolute atomic E-state index is 0.0629. The van der Waals surface area contributed by atoms with Crippen LogP contribution in [0.5, 0.6) is 0 Å². The summed E-state index contributed by atoms with van der Waals surface area (Å²) in [6, 6.07) is 24.3. The highest BCUT2D eigenvalue weighted by atomic mass is 16.5. The summed E-state index contributed by atoms with van der Waals surface area (Å²) in [5, 5.41) is 4.50. The maximum atomic E-state index is 13.4.